The highest BCUT2D eigenvalue weighted by molar-refractivity contribution is 7.18. The summed E-state index contributed by atoms with van der Waals surface area (Å²) in [7, 11) is 2.02. The minimum Gasteiger partial charge on any atom is -0.349 e. The predicted octanol–water partition coefficient (Wildman–Crippen LogP) is 4.50. The summed E-state index contributed by atoms with van der Waals surface area (Å²) in [4.78, 5) is 15.0. The van der Waals surface area contributed by atoms with E-state index in [1.165, 1.54) is 0 Å². The highest BCUT2D eigenvalue weighted by Crippen LogP contribution is 2.37. The minimum absolute atomic E-state index is 0.434. The average Bonchev–Trinajstić information content (AvgIpc) is 3.32. The molecule has 1 fully saturated rings. The summed E-state index contributed by atoms with van der Waals surface area (Å²) >= 11 is 1.63. The van der Waals surface area contributed by atoms with Crippen LogP contribution in [0.2, 0.25) is 0 Å². The second kappa shape index (κ2) is 7.09. The van der Waals surface area contributed by atoms with Gasteiger partial charge in [-0.1, -0.05) is 0 Å². The molecule has 6 nitrogen and oxygen atoms in total. The van der Waals surface area contributed by atoms with Crippen LogP contribution >= 0.6 is 11.3 Å². The number of pyridine rings is 2. The second-order valence-corrected chi connectivity index (χ2v) is 7.86. The van der Waals surface area contributed by atoms with Crippen LogP contribution in [0.1, 0.15) is 24.1 Å². The van der Waals surface area contributed by atoms with Crippen LogP contribution in [0, 0.1) is 6.92 Å². The number of nitrogens with zero attached hydrogens (tertiary/aromatic N) is 4. The lowest BCUT2D eigenvalue weighted by Gasteiger charge is -2.24. The van der Waals surface area contributed by atoms with Crippen molar-refractivity contribution in [1.82, 2.24) is 19.5 Å². The smallest absolute Gasteiger partial charge is 0.203 e. The molecule has 4 aromatic heterocycles. The van der Waals surface area contributed by atoms with Crippen molar-refractivity contribution in [3.05, 3.63) is 54.2 Å². The van der Waals surface area contributed by atoms with E-state index in [4.69, 9.17) is 19.4 Å². The predicted molar refractivity (Wildman–Crippen MR) is 109 cm³/mol. The molecule has 28 heavy (non-hydrogen) atoms. The molecule has 0 unspecified atom stereocenters. The molecule has 0 aromatic carbocycles. The van der Waals surface area contributed by atoms with Crippen LogP contribution < -0.4 is 0 Å². The third-order valence-electron chi connectivity index (χ3n) is 4.87. The molecule has 1 aliphatic rings. The molecule has 0 saturated carbocycles. The van der Waals surface area contributed by atoms with E-state index in [0.29, 0.717) is 13.2 Å². The number of hydrogen-bond donors (Lipinski definition) is 0. The van der Waals surface area contributed by atoms with Crippen LogP contribution in [0.5, 0.6) is 0 Å². The maximum Gasteiger partial charge on any atom is 0.203 e. The van der Waals surface area contributed by atoms with Gasteiger partial charge in [-0.2, -0.15) is 0 Å². The molecule has 0 aliphatic carbocycles. The van der Waals surface area contributed by atoms with Gasteiger partial charge >= 0.3 is 0 Å². The molecule has 0 radical (unpaired) electrons. The Bertz CT molecular complexity index is 1130. The molecule has 142 valence electrons. The Labute approximate surface area is 166 Å². The summed E-state index contributed by atoms with van der Waals surface area (Å²) in [6.45, 7) is 3.40. The Morgan fingerprint density at radius 3 is 2.82 bits per heavy atom. The van der Waals surface area contributed by atoms with Gasteiger partial charge in [0.15, 0.2) is 0 Å². The van der Waals surface area contributed by atoms with Gasteiger partial charge in [-0.05, 0) is 37.6 Å². The van der Waals surface area contributed by atoms with Crippen molar-refractivity contribution >= 4 is 22.2 Å². The minimum atomic E-state index is -0.434. The molecular formula is C21H20N4O2S. The fourth-order valence-corrected chi connectivity index (χ4v) is 4.55. The van der Waals surface area contributed by atoms with Gasteiger partial charge in [-0.25, -0.2) is 9.97 Å². The molecule has 7 heteroatoms. The normalized spacial score (nSPS) is 15.4. The van der Waals surface area contributed by atoms with Crippen LogP contribution in [0.4, 0.5) is 0 Å². The molecule has 5 heterocycles. The van der Waals surface area contributed by atoms with E-state index in [2.05, 4.69) is 21.7 Å². The summed E-state index contributed by atoms with van der Waals surface area (Å²) in [5.41, 5.74) is 4.75. The van der Waals surface area contributed by atoms with Gasteiger partial charge in [0.05, 0.1) is 35.0 Å². The molecule has 0 atom stereocenters. The molecular weight excluding hydrogens is 372 g/mol. The van der Waals surface area contributed by atoms with Gasteiger partial charge in [0.2, 0.25) is 6.29 Å². The first-order valence-electron chi connectivity index (χ1n) is 9.28. The molecule has 0 N–H and O–H groups in total. The third kappa shape index (κ3) is 3.01. The second-order valence-electron chi connectivity index (χ2n) is 6.86. The highest BCUT2D eigenvalue weighted by atomic mass is 32.1. The molecule has 0 amide bonds. The lowest BCUT2D eigenvalue weighted by molar-refractivity contribution is -0.184. The van der Waals surface area contributed by atoms with E-state index in [9.17, 15) is 0 Å². The van der Waals surface area contributed by atoms with E-state index in [-0.39, 0.29) is 0 Å². The lowest BCUT2D eigenvalue weighted by atomic mass is 10.1. The summed E-state index contributed by atoms with van der Waals surface area (Å²) in [5, 5.41) is 2.07. The fourth-order valence-electron chi connectivity index (χ4n) is 3.53. The van der Waals surface area contributed by atoms with Gasteiger partial charge in [-0.15, -0.1) is 11.3 Å². The zero-order valence-electron chi connectivity index (χ0n) is 15.8. The number of aryl methyl sites for hydroxylation is 2. The summed E-state index contributed by atoms with van der Waals surface area (Å²) < 4.78 is 13.8. The van der Waals surface area contributed by atoms with Gasteiger partial charge in [0.1, 0.15) is 10.7 Å². The molecule has 5 rings (SSSR count). The maximum absolute atomic E-state index is 5.87. The van der Waals surface area contributed by atoms with E-state index in [1.54, 1.807) is 17.5 Å². The van der Waals surface area contributed by atoms with Crippen LogP contribution in [-0.4, -0.2) is 32.7 Å². The first-order valence-corrected chi connectivity index (χ1v) is 10.1. The highest BCUT2D eigenvalue weighted by Gasteiger charge is 2.24. The number of aromatic nitrogens is 4. The van der Waals surface area contributed by atoms with Crippen molar-refractivity contribution in [2.24, 2.45) is 7.05 Å². The maximum atomic E-state index is 5.87. The zero-order chi connectivity index (χ0) is 19.1. The SMILES string of the molecule is Cc1nc(-c2cccnc2)sc1-c1cc2ccn(C)c2c(C2OCCCO2)n1. The van der Waals surface area contributed by atoms with Crippen molar-refractivity contribution in [3.8, 4) is 21.1 Å². The number of rotatable bonds is 3. The third-order valence-corrected chi connectivity index (χ3v) is 6.10. The van der Waals surface area contributed by atoms with Crippen LogP contribution in [0.25, 0.3) is 32.0 Å². The Balaban J connectivity index is 1.65. The summed E-state index contributed by atoms with van der Waals surface area (Å²) in [6.07, 6.45) is 6.13. The first kappa shape index (κ1) is 17.5. The van der Waals surface area contributed by atoms with Crippen molar-refractivity contribution in [3.63, 3.8) is 0 Å². The number of thiazole rings is 1. The Hall–Kier alpha value is -2.61. The molecule has 0 spiro atoms. The van der Waals surface area contributed by atoms with E-state index < -0.39 is 6.29 Å². The van der Waals surface area contributed by atoms with E-state index in [1.807, 2.05) is 38.5 Å². The van der Waals surface area contributed by atoms with Gasteiger partial charge in [-0.3, -0.25) is 4.98 Å². The number of hydrogen-bond acceptors (Lipinski definition) is 6. The fraction of sp³-hybridized carbons (Fsp3) is 0.286. The van der Waals surface area contributed by atoms with Crippen molar-refractivity contribution in [2.45, 2.75) is 19.6 Å². The molecule has 0 bridgehead atoms. The van der Waals surface area contributed by atoms with Crippen LogP contribution in [0.3, 0.4) is 0 Å². The first-order chi connectivity index (χ1) is 13.7. The monoisotopic (exact) mass is 392 g/mol. The van der Waals surface area contributed by atoms with Gasteiger partial charge < -0.3 is 14.0 Å². The molecule has 1 saturated heterocycles. The Morgan fingerprint density at radius 1 is 1.18 bits per heavy atom. The number of fused-ring (bicyclic) bond motifs is 1. The van der Waals surface area contributed by atoms with Crippen molar-refractivity contribution in [2.75, 3.05) is 13.2 Å². The topological polar surface area (TPSA) is 62.1 Å². The summed E-state index contributed by atoms with van der Waals surface area (Å²) in [5.74, 6) is 0. The molecule has 1 aliphatic heterocycles. The van der Waals surface area contributed by atoms with Crippen molar-refractivity contribution < 1.29 is 9.47 Å². The Morgan fingerprint density at radius 2 is 2.04 bits per heavy atom. The molecule has 4 aromatic rings. The van der Waals surface area contributed by atoms with Crippen LogP contribution in [-0.2, 0) is 16.5 Å². The van der Waals surface area contributed by atoms with Crippen LogP contribution in [0.15, 0.2) is 42.9 Å². The van der Waals surface area contributed by atoms with Crippen molar-refractivity contribution in [1.29, 1.82) is 0 Å². The standard InChI is InChI=1S/C21H20N4O2S/c1-13-19(28-20(23-13)15-5-3-7-22-12-15)16-11-14-6-8-25(2)18(14)17(24-16)21-26-9-4-10-27-21/h3,5-8,11-12,21H,4,9-10H2,1-2H3. The summed E-state index contributed by atoms with van der Waals surface area (Å²) in [6, 6.07) is 8.17. The quantitative estimate of drug-likeness (QED) is 0.514. The zero-order valence-corrected chi connectivity index (χ0v) is 16.6. The number of ether oxygens (including phenoxy) is 2. The Kier molecular flexibility index (Phi) is 4.43. The van der Waals surface area contributed by atoms with E-state index in [0.717, 1.165) is 49.9 Å². The average molecular weight is 392 g/mol. The van der Waals surface area contributed by atoms with Gasteiger partial charge in [0, 0.05) is 36.6 Å². The largest absolute Gasteiger partial charge is 0.349 e. The van der Waals surface area contributed by atoms with Gasteiger partial charge in [0.25, 0.3) is 0 Å². The lowest BCUT2D eigenvalue weighted by Crippen LogP contribution is -2.19. The van der Waals surface area contributed by atoms with E-state index >= 15 is 0 Å².